The molecular weight excluding hydrogens is 389 g/mol. The summed E-state index contributed by atoms with van der Waals surface area (Å²) in [4.78, 5) is 13.1. The predicted octanol–water partition coefficient (Wildman–Crippen LogP) is 6.40. The van der Waals surface area contributed by atoms with Crippen LogP contribution in [0.3, 0.4) is 0 Å². The van der Waals surface area contributed by atoms with Crippen molar-refractivity contribution in [1.29, 1.82) is 0 Å². The second kappa shape index (κ2) is 10.8. The monoisotopic (exact) mass is 419 g/mol. The third kappa shape index (κ3) is 5.94. The molecule has 0 radical (unpaired) electrons. The van der Waals surface area contributed by atoms with Gasteiger partial charge in [-0.05, 0) is 65.1 Å². The standard InChI is InChI=1S/C27H30FNO2/c1-4-6-7-8-20-9-14-25(26(28)17-20)23-11-10-22-19-24(13-12-21(22)18-23)31-16-15-29(3)27(30)5-2/h5,9-14,17-19H,2,4,6-8,15-16H2,1,3H3. The van der Waals surface area contributed by atoms with E-state index in [9.17, 15) is 9.18 Å². The van der Waals surface area contributed by atoms with Gasteiger partial charge in [-0.15, -0.1) is 0 Å². The van der Waals surface area contributed by atoms with E-state index in [0.717, 1.165) is 46.9 Å². The van der Waals surface area contributed by atoms with Crippen LogP contribution in [-0.2, 0) is 11.2 Å². The molecule has 3 nitrogen and oxygen atoms in total. The fourth-order valence-electron chi connectivity index (χ4n) is 3.57. The summed E-state index contributed by atoms with van der Waals surface area (Å²) in [7, 11) is 1.71. The van der Waals surface area contributed by atoms with Gasteiger partial charge < -0.3 is 9.64 Å². The van der Waals surface area contributed by atoms with Crippen molar-refractivity contribution in [3.63, 3.8) is 0 Å². The fraction of sp³-hybridized carbons (Fsp3) is 0.296. The van der Waals surface area contributed by atoms with E-state index >= 15 is 0 Å². The molecular formula is C27H30FNO2. The number of halogens is 1. The van der Waals surface area contributed by atoms with Gasteiger partial charge in [-0.3, -0.25) is 4.79 Å². The molecule has 3 aromatic rings. The zero-order chi connectivity index (χ0) is 22.2. The molecule has 31 heavy (non-hydrogen) atoms. The minimum Gasteiger partial charge on any atom is -0.492 e. The highest BCUT2D eigenvalue weighted by Crippen LogP contribution is 2.29. The Morgan fingerprint density at radius 1 is 1.06 bits per heavy atom. The number of carbonyl (C=O) groups excluding carboxylic acids is 1. The van der Waals surface area contributed by atoms with E-state index < -0.39 is 0 Å². The van der Waals surface area contributed by atoms with E-state index in [1.54, 1.807) is 18.0 Å². The predicted molar refractivity (Wildman–Crippen MR) is 126 cm³/mol. The zero-order valence-corrected chi connectivity index (χ0v) is 18.4. The van der Waals surface area contributed by atoms with Crippen LogP contribution in [0.25, 0.3) is 21.9 Å². The van der Waals surface area contributed by atoms with Crippen molar-refractivity contribution >= 4 is 16.7 Å². The number of likely N-dealkylation sites (N-methyl/N-ethyl adjacent to an activating group) is 1. The lowest BCUT2D eigenvalue weighted by Gasteiger charge is -2.15. The number of benzene rings is 3. The van der Waals surface area contributed by atoms with E-state index in [1.165, 1.54) is 12.5 Å². The van der Waals surface area contributed by atoms with Crippen LogP contribution in [0.4, 0.5) is 4.39 Å². The molecule has 0 fully saturated rings. The minimum atomic E-state index is -0.175. The number of nitrogens with zero attached hydrogens (tertiary/aromatic N) is 1. The molecule has 0 saturated carbocycles. The smallest absolute Gasteiger partial charge is 0.245 e. The molecule has 1 amide bonds. The number of hydrogen-bond acceptors (Lipinski definition) is 2. The molecule has 0 bridgehead atoms. The molecule has 0 unspecified atom stereocenters. The Morgan fingerprint density at radius 3 is 2.58 bits per heavy atom. The molecule has 0 aromatic heterocycles. The van der Waals surface area contributed by atoms with Crippen molar-refractivity contribution in [3.05, 3.63) is 78.6 Å². The molecule has 0 spiro atoms. The first-order chi connectivity index (χ1) is 15.0. The lowest BCUT2D eigenvalue weighted by Crippen LogP contribution is -2.29. The van der Waals surface area contributed by atoms with Crippen LogP contribution in [0.1, 0.15) is 31.7 Å². The molecule has 0 aliphatic heterocycles. The van der Waals surface area contributed by atoms with Crippen LogP contribution in [0, 0.1) is 5.82 Å². The van der Waals surface area contributed by atoms with E-state index in [0.29, 0.717) is 18.7 Å². The van der Waals surface area contributed by atoms with E-state index in [2.05, 4.69) is 13.5 Å². The van der Waals surface area contributed by atoms with E-state index in [-0.39, 0.29) is 11.7 Å². The molecule has 3 rings (SSSR count). The Labute approximate surface area is 184 Å². The van der Waals surface area contributed by atoms with Crippen molar-refractivity contribution < 1.29 is 13.9 Å². The van der Waals surface area contributed by atoms with Gasteiger partial charge in [0, 0.05) is 12.6 Å². The summed E-state index contributed by atoms with van der Waals surface area (Å²) in [6.07, 6.45) is 5.63. The van der Waals surface area contributed by atoms with Crippen molar-refractivity contribution in [2.75, 3.05) is 20.2 Å². The number of rotatable bonds is 10. The Kier molecular flexibility index (Phi) is 7.82. The second-order valence-corrected chi connectivity index (χ2v) is 7.81. The molecule has 0 atom stereocenters. The van der Waals surface area contributed by atoms with E-state index in [4.69, 9.17) is 4.74 Å². The topological polar surface area (TPSA) is 29.5 Å². The van der Waals surface area contributed by atoms with Gasteiger partial charge in [-0.1, -0.05) is 56.7 Å². The van der Waals surface area contributed by atoms with E-state index in [1.807, 2.05) is 48.5 Å². The maximum atomic E-state index is 14.7. The third-order valence-electron chi connectivity index (χ3n) is 5.47. The van der Waals surface area contributed by atoms with Gasteiger partial charge in [0.1, 0.15) is 18.2 Å². The first-order valence-corrected chi connectivity index (χ1v) is 10.8. The Morgan fingerprint density at radius 2 is 1.84 bits per heavy atom. The van der Waals surface area contributed by atoms with Gasteiger partial charge in [0.15, 0.2) is 0 Å². The number of amides is 1. The largest absolute Gasteiger partial charge is 0.492 e. The number of carbonyl (C=O) groups is 1. The van der Waals surface area contributed by atoms with Crippen LogP contribution in [0.5, 0.6) is 5.75 Å². The Hall–Kier alpha value is -3.14. The molecule has 4 heteroatoms. The van der Waals surface area contributed by atoms with Crippen LogP contribution < -0.4 is 4.74 Å². The van der Waals surface area contributed by atoms with Crippen LogP contribution in [0.2, 0.25) is 0 Å². The average molecular weight is 420 g/mol. The van der Waals surface area contributed by atoms with Gasteiger partial charge in [0.25, 0.3) is 0 Å². The van der Waals surface area contributed by atoms with Crippen molar-refractivity contribution in [2.24, 2.45) is 0 Å². The van der Waals surface area contributed by atoms with Gasteiger partial charge in [0.05, 0.1) is 6.54 Å². The van der Waals surface area contributed by atoms with Crippen LogP contribution in [-0.4, -0.2) is 31.0 Å². The number of ether oxygens (including phenoxy) is 1. The number of fused-ring (bicyclic) bond motifs is 1. The minimum absolute atomic E-state index is 0.129. The molecule has 3 aromatic carbocycles. The Bertz CT molecular complexity index is 1060. The van der Waals surface area contributed by atoms with Gasteiger partial charge >= 0.3 is 0 Å². The first-order valence-electron chi connectivity index (χ1n) is 10.8. The molecule has 0 aliphatic carbocycles. The lowest BCUT2D eigenvalue weighted by atomic mass is 9.98. The highest BCUT2D eigenvalue weighted by atomic mass is 19.1. The Balaban J connectivity index is 1.70. The first kappa shape index (κ1) is 22.5. The van der Waals surface area contributed by atoms with Gasteiger partial charge in [-0.25, -0.2) is 4.39 Å². The SMILES string of the molecule is C=CC(=O)N(C)CCOc1ccc2cc(-c3ccc(CCCCC)cc3F)ccc2c1. The maximum Gasteiger partial charge on any atom is 0.245 e. The summed E-state index contributed by atoms with van der Waals surface area (Å²) in [6, 6.07) is 17.3. The fourth-order valence-corrected chi connectivity index (χ4v) is 3.57. The maximum absolute atomic E-state index is 14.7. The number of aryl methyl sites for hydroxylation is 1. The molecule has 0 aliphatic rings. The number of hydrogen-bond donors (Lipinski definition) is 0. The summed E-state index contributed by atoms with van der Waals surface area (Å²) in [6.45, 7) is 6.53. The zero-order valence-electron chi connectivity index (χ0n) is 18.4. The van der Waals surface area contributed by atoms with Crippen molar-refractivity contribution in [2.45, 2.75) is 32.6 Å². The molecule has 0 N–H and O–H groups in total. The molecule has 162 valence electrons. The highest BCUT2D eigenvalue weighted by molar-refractivity contribution is 5.88. The summed E-state index contributed by atoms with van der Waals surface area (Å²) in [5.41, 5.74) is 2.54. The summed E-state index contributed by atoms with van der Waals surface area (Å²) >= 11 is 0. The quantitative estimate of drug-likeness (QED) is 0.281. The van der Waals surface area contributed by atoms with Gasteiger partial charge in [-0.2, -0.15) is 0 Å². The molecule has 0 saturated heterocycles. The summed E-state index contributed by atoms with van der Waals surface area (Å²) in [5.74, 6) is 0.435. The second-order valence-electron chi connectivity index (χ2n) is 7.81. The van der Waals surface area contributed by atoms with Crippen LogP contribution >= 0.6 is 0 Å². The number of unbranched alkanes of at least 4 members (excludes halogenated alkanes) is 2. The summed E-state index contributed by atoms with van der Waals surface area (Å²) < 4.78 is 20.5. The third-order valence-corrected chi connectivity index (χ3v) is 5.47. The normalized spacial score (nSPS) is 10.8. The van der Waals surface area contributed by atoms with Gasteiger partial charge in [0.2, 0.25) is 5.91 Å². The lowest BCUT2D eigenvalue weighted by molar-refractivity contribution is -0.125. The van der Waals surface area contributed by atoms with Crippen LogP contribution in [0.15, 0.2) is 67.3 Å². The summed E-state index contributed by atoms with van der Waals surface area (Å²) in [5, 5.41) is 2.04. The average Bonchev–Trinajstić information content (AvgIpc) is 2.78. The highest BCUT2D eigenvalue weighted by Gasteiger charge is 2.08. The molecule has 0 heterocycles. The van der Waals surface area contributed by atoms with Crippen molar-refractivity contribution in [3.8, 4) is 16.9 Å². The van der Waals surface area contributed by atoms with Crippen molar-refractivity contribution in [1.82, 2.24) is 4.90 Å².